The number of aliphatic hydroxyl groups is 1. The second kappa shape index (κ2) is 7.54. The Morgan fingerprint density at radius 2 is 2.20 bits per heavy atom. The summed E-state index contributed by atoms with van der Waals surface area (Å²) < 4.78 is 9.19. The van der Waals surface area contributed by atoms with Crippen molar-refractivity contribution >= 4 is 16.9 Å². The van der Waals surface area contributed by atoms with Gasteiger partial charge in [0, 0.05) is 31.5 Å². The first kappa shape index (κ1) is 18.8. The van der Waals surface area contributed by atoms with Crippen LogP contribution in [0.3, 0.4) is 0 Å². The van der Waals surface area contributed by atoms with E-state index >= 15 is 0 Å². The minimum Gasteiger partial charge on any atom is -0.394 e. The number of fused-ring (bicyclic) bond motifs is 1. The van der Waals surface area contributed by atoms with Crippen LogP contribution in [0.15, 0.2) is 30.6 Å². The van der Waals surface area contributed by atoms with Crippen LogP contribution in [0.5, 0.6) is 0 Å². The summed E-state index contributed by atoms with van der Waals surface area (Å²) in [5.74, 6) is 0.874. The molecule has 1 aliphatic heterocycles. The van der Waals surface area contributed by atoms with E-state index in [2.05, 4.69) is 33.2 Å². The lowest BCUT2D eigenvalue weighted by Gasteiger charge is -2.34. The van der Waals surface area contributed by atoms with Gasteiger partial charge in [0.2, 0.25) is 0 Å². The molecule has 5 rings (SSSR count). The predicted octanol–water partition coefficient (Wildman–Crippen LogP) is 1.44. The Kier molecular flexibility index (Phi) is 4.72. The van der Waals surface area contributed by atoms with Crippen LogP contribution >= 0.6 is 0 Å². The smallest absolute Gasteiger partial charge is 0.136 e. The molecule has 0 aromatic carbocycles. The van der Waals surface area contributed by atoms with E-state index in [1.807, 2.05) is 30.1 Å². The van der Waals surface area contributed by atoms with Crippen molar-refractivity contribution in [3.8, 4) is 22.6 Å². The van der Waals surface area contributed by atoms with Gasteiger partial charge in [-0.15, -0.1) is 0 Å². The summed E-state index contributed by atoms with van der Waals surface area (Å²) >= 11 is 0. The first-order valence-electron chi connectivity index (χ1n) is 10.0. The number of aromatic amines is 1. The molecule has 0 aliphatic carbocycles. The lowest BCUT2D eigenvalue weighted by Crippen LogP contribution is -2.44. The molecule has 0 bridgehead atoms. The first-order valence-corrected chi connectivity index (χ1v) is 10.0. The van der Waals surface area contributed by atoms with Gasteiger partial charge in [-0.1, -0.05) is 0 Å². The standard InChI is InChI=1S/C20H24N8O2/c1-13-12-30-10-8-28(13)17-11-14(15-4-6-27(24-15)7-9-29)20-19(22-17)18(25-26(20)2)16-3-5-21-23-16/h3-6,11,13,29H,7-10,12H2,1-2H3,(H,21,23). The summed E-state index contributed by atoms with van der Waals surface area (Å²) in [7, 11) is 1.91. The number of aliphatic hydroxyl groups excluding tert-OH is 1. The van der Waals surface area contributed by atoms with Crippen molar-refractivity contribution in [3.63, 3.8) is 0 Å². The highest BCUT2D eigenvalue weighted by Crippen LogP contribution is 2.35. The number of H-pyrrole nitrogens is 1. The second-order valence-corrected chi connectivity index (χ2v) is 7.47. The quantitative estimate of drug-likeness (QED) is 0.514. The Morgan fingerprint density at radius 1 is 1.30 bits per heavy atom. The highest BCUT2D eigenvalue weighted by molar-refractivity contribution is 5.99. The third-order valence-electron chi connectivity index (χ3n) is 5.44. The molecule has 4 aromatic heterocycles. The molecule has 1 fully saturated rings. The third-order valence-corrected chi connectivity index (χ3v) is 5.44. The number of nitrogens with zero attached hydrogens (tertiary/aromatic N) is 7. The maximum absolute atomic E-state index is 9.25. The summed E-state index contributed by atoms with van der Waals surface area (Å²) in [4.78, 5) is 7.28. The lowest BCUT2D eigenvalue weighted by atomic mass is 10.1. The Labute approximate surface area is 173 Å². The monoisotopic (exact) mass is 408 g/mol. The highest BCUT2D eigenvalue weighted by Gasteiger charge is 2.25. The van der Waals surface area contributed by atoms with E-state index in [9.17, 15) is 5.11 Å². The number of rotatable bonds is 5. The minimum absolute atomic E-state index is 0.0408. The Bertz CT molecular complexity index is 1160. The average Bonchev–Trinajstić information content (AvgIpc) is 3.49. The molecule has 156 valence electrons. The van der Waals surface area contributed by atoms with Crippen LogP contribution < -0.4 is 4.90 Å². The Morgan fingerprint density at radius 3 is 2.97 bits per heavy atom. The molecular weight excluding hydrogens is 384 g/mol. The summed E-state index contributed by atoms with van der Waals surface area (Å²) in [6.45, 7) is 4.74. The summed E-state index contributed by atoms with van der Waals surface area (Å²) in [6.07, 6.45) is 3.59. The van der Waals surface area contributed by atoms with Gasteiger partial charge in [-0.3, -0.25) is 14.5 Å². The fourth-order valence-electron chi connectivity index (χ4n) is 3.98. The number of hydrogen-bond acceptors (Lipinski definition) is 7. The van der Waals surface area contributed by atoms with Crippen molar-refractivity contribution in [2.75, 3.05) is 31.3 Å². The fourth-order valence-corrected chi connectivity index (χ4v) is 3.98. The maximum atomic E-state index is 9.25. The molecule has 1 saturated heterocycles. The van der Waals surface area contributed by atoms with Crippen LogP contribution in [0, 0.1) is 0 Å². The molecule has 4 aromatic rings. The van der Waals surface area contributed by atoms with Crippen molar-refractivity contribution in [3.05, 3.63) is 30.6 Å². The van der Waals surface area contributed by atoms with Crippen LogP contribution in [0.2, 0.25) is 0 Å². The van der Waals surface area contributed by atoms with Crippen molar-refractivity contribution in [1.29, 1.82) is 0 Å². The third kappa shape index (κ3) is 3.14. The van der Waals surface area contributed by atoms with Gasteiger partial charge < -0.3 is 14.7 Å². The number of aromatic nitrogens is 7. The topological polar surface area (TPSA) is 110 Å². The molecule has 1 aliphatic rings. The van der Waals surface area contributed by atoms with Crippen molar-refractivity contribution in [2.45, 2.75) is 19.5 Å². The minimum atomic E-state index is 0.0408. The zero-order chi connectivity index (χ0) is 20.7. The number of nitrogens with one attached hydrogen (secondary N) is 1. The van der Waals surface area contributed by atoms with Crippen LogP contribution in [0.25, 0.3) is 33.7 Å². The number of anilines is 1. The van der Waals surface area contributed by atoms with Crippen LogP contribution in [-0.4, -0.2) is 72.3 Å². The predicted molar refractivity (Wildman–Crippen MR) is 112 cm³/mol. The number of hydrogen-bond donors (Lipinski definition) is 2. The van der Waals surface area contributed by atoms with Gasteiger partial charge >= 0.3 is 0 Å². The van der Waals surface area contributed by atoms with E-state index < -0.39 is 0 Å². The van der Waals surface area contributed by atoms with E-state index in [4.69, 9.17) is 14.8 Å². The molecule has 0 radical (unpaired) electrons. The molecular formula is C20H24N8O2. The first-order chi connectivity index (χ1) is 14.7. The second-order valence-electron chi connectivity index (χ2n) is 7.47. The van der Waals surface area contributed by atoms with E-state index in [-0.39, 0.29) is 12.6 Å². The Hall–Kier alpha value is -3.24. The zero-order valence-electron chi connectivity index (χ0n) is 17.0. The van der Waals surface area contributed by atoms with E-state index in [1.54, 1.807) is 10.9 Å². The largest absolute Gasteiger partial charge is 0.394 e. The average molecular weight is 408 g/mol. The van der Waals surface area contributed by atoms with Gasteiger partial charge in [0.1, 0.15) is 17.0 Å². The molecule has 2 N–H and O–H groups in total. The van der Waals surface area contributed by atoms with Crippen LogP contribution in [0.1, 0.15) is 6.92 Å². The van der Waals surface area contributed by atoms with Crippen molar-refractivity contribution in [1.82, 2.24) is 34.7 Å². The summed E-state index contributed by atoms with van der Waals surface area (Å²) in [5.41, 5.74) is 5.03. The molecule has 0 amide bonds. The van der Waals surface area contributed by atoms with Gasteiger partial charge in [0.05, 0.1) is 49.3 Å². The molecule has 10 heteroatoms. The van der Waals surface area contributed by atoms with E-state index in [0.29, 0.717) is 19.8 Å². The maximum Gasteiger partial charge on any atom is 0.136 e. The van der Waals surface area contributed by atoms with Gasteiger partial charge in [0.25, 0.3) is 0 Å². The van der Waals surface area contributed by atoms with Gasteiger partial charge in [0.15, 0.2) is 0 Å². The van der Waals surface area contributed by atoms with Gasteiger partial charge in [-0.2, -0.15) is 15.3 Å². The molecule has 30 heavy (non-hydrogen) atoms. The number of ether oxygens (including phenoxy) is 1. The van der Waals surface area contributed by atoms with Gasteiger partial charge in [-0.25, -0.2) is 4.98 Å². The van der Waals surface area contributed by atoms with Crippen LogP contribution in [-0.2, 0) is 18.3 Å². The normalized spacial score (nSPS) is 17.2. The molecule has 1 atom stereocenters. The van der Waals surface area contributed by atoms with Crippen LogP contribution in [0.4, 0.5) is 5.82 Å². The van der Waals surface area contributed by atoms with Crippen molar-refractivity contribution in [2.24, 2.45) is 7.05 Å². The molecule has 0 spiro atoms. The molecule has 1 unspecified atom stereocenters. The Balaban J connectivity index is 1.74. The number of pyridine rings is 1. The molecule has 5 heterocycles. The van der Waals surface area contributed by atoms with E-state index in [1.165, 1.54) is 0 Å². The SMILES string of the molecule is CC1COCCN1c1cc(-c2ccn(CCO)n2)c2c(n1)c(-c1ccn[nH]1)nn2C. The van der Waals surface area contributed by atoms with Gasteiger partial charge in [-0.05, 0) is 25.1 Å². The molecule has 0 saturated carbocycles. The number of aryl methyl sites for hydroxylation is 1. The molecule has 10 nitrogen and oxygen atoms in total. The van der Waals surface area contributed by atoms with E-state index in [0.717, 1.165) is 46.0 Å². The zero-order valence-corrected chi connectivity index (χ0v) is 17.0. The summed E-state index contributed by atoms with van der Waals surface area (Å²) in [6, 6.07) is 6.15. The highest BCUT2D eigenvalue weighted by atomic mass is 16.5. The number of morpholine rings is 1. The fraction of sp³-hybridized carbons (Fsp3) is 0.400. The van der Waals surface area contributed by atoms with Crippen molar-refractivity contribution < 1.29 is 9.84 Å². The summed E-state index contributed by atoms with van der Waals surface area (Å²) in [5, 5.41) is 25.7. The lowest BCUT2D eigenvalue weighted by molar-refractivity contribution is 0.0986.